The number of nitrogens with zero attached hydrogens (tertiary/aromatic N) is 1. The highest BCUT2D eigenvalue weighted by molar-refractivity contribution is 6.53. The van der Waals surface area contributed by atoms with E-state index in [-0.39, 0.29) is 35.0 Å². The zero-order valence-corrected chi connectivity index (χ0v) is 10.3. The molecule has 1 aromatic carbocycles. The van der Waals surface area contributed by atoms with Gasteiger partial charge in [-0.25, -0.2) is 4.39 Å². The van der Waals surface area contributed by atoms with E-state index in [9.17, 15) is 18.8 Å². The quantitative estimate of drug-likeness (QED) is 0.789. The molecule has 1 heterocycles. The van der Waals surface area contributed by atoms with Gasteiger partial charge in [0.1, 0.15) is 5.82 Å². The van der Waals surface area contributed by atoms with Crippen molar-refractivity contribution in [3.05, 3.63) is 28.5 Å². The van der Waals surface area contributed by atoms with E-state index in [1.54, 1.807) is 6.92 Å². The first-order chi connectivity index (χ1) is 8.45. The SMILES string of the molecule is CCC(=O)CN1C(=O)C(=O)c2cc(Cl)c(F)cc21. The number of carbonyl (C=O) groups excluding carboxylic acids is 3. The third kappa shape index (κ3) is 1.90. The Kier molecular flexibility index (Phi) is 3.17. The molecule has 1 aliphatic heterocycles. The van der Waals surface area contributed by atoms with E-state index < -0.39 is 17.5 Å². The van der Waals surface area contributed by atoms with Crippen LogP contribution in [0.1, 0.15) is 23.7 Å². The van der Waals surface area contributed by atoms with Gasteiger partial charge in [0, 0.05) is 6.42 Å². The van der Waals surface area contributed by atoms with Crippen molar-refractivity contribution < 1.29 is 18.8 Å². The Balaban J connectivity index is 2.48. The molecule has 0 aromatic heterocycles. The molecule has 0 bridgehead atoms. The van der Waals surface area contributed by atoms with Gasteiger partial charge >= 0.3 is 0 Å². The fraction of sp³-hybridized carbons (Fsp3) is 0.250. The van der Waals surface area contributed by atoms with Gasteiger partial charge in [-0.3, -0.25) is 19.3 Å². The molecule has 0 atom stereocenters. The van der Waals surface area contributed by atoms with Crippen molar-refractivity contribution in [1.29, 1.82) is 0 Å². The van der Waals surface area contributed by atoms with Gasteiger partial charge in [0.05, 0.1) is 22.8 Å². The average molecular weight is 270 g/mol. The van der Waals surface area contributed by atoms with Gasteiger partial charge in [-0.2, -0.15) is 0 Å². The van der Waals surface area contributed by atoms with Crippen LogP contribution in [0.3, 0.4) is 0 Å². The molecule has 1 aromatic rings. The lowest BCUT2D eigenvalue weighted by Crippen LogP contribution is -2.34. The zero-order valence-electron chi connectivity index (χ0n) is 9.50. The van der Waals surface area contributed by atoms with Crippen LogP contribution in [0.4, 0.5) is 10.1 Å². The number of carbonyl (C=O) groups is 3. The number of fused-ring (bicyclic) bond motifs is 1. The Bertz CT molecular complexity index is 571. The third-order valence-electron chi connectivity index (χ3n) is 2.74. The van der Waals surface area contributed by atoms with Gasteiger partial charge in [-0.1, -0.05) is 18.5 Å². The third-order valence-corrected chi connectivity index (χ3v) is 3.03. The number of ketones is 2. The zero-order chi connectivity index (χ0) is 13.4. The monoisotopic (exact) mass is 269 g/mol. The number of halogens is 2. The maximum absolute atomic E-state index is 13.4. The number of Topliss-reactive ketones (excluding diaryl/α,β-unsaturated/α-hetero) is 2. The summed E-state index contributed by atoms with van der Waals surface area (Å²) in [5.41, 5.74) is 0.143. The predicted octanol–water partition coefficient (Wildman–Crippen LogP) is 1.99. The number of benzene rings is 1. The maximum Gasteiger partial charge on any atom is 0.299 e. The summed E-state index contributed by atoms with van der Waals surface area (Å²) in [6, 6.07) is 2.12. The number of rotatable bonds is 3. The highest BCUT2D eigenvalue weighted by Crippen LogP contribution is 2.32. The van der Waals surface area contributed by atoms with E-state index in [2.05, 4.69) is 0 Å². The number of hydrogen-bond acceptors (Lipinski definition) is 3. The van der Waals surface area contributed by atoms with Gasteiger partial charge < -0.3 is 0 Å². The molecule has 1 aliphatic rings. The molecule has 0 N–H and O–H groups in total. The van der Waals surface area contributed by atoms with Crippen LogP contribution in [0.25, 0.3) is 0 Å². The van der Waals surface area contributed by atoms with Gasteiger partial charge in [-0.15, -0.1) is 0 Å². The molecule has 0 spiro atoms. The van der Waals surface area contributed by atoms with Crippen LogP contribution < -0.4 is 4.90 Å². The number of hydrogen-bond donors (Lipinski definition) is 0. The first-order valence-electron chi connectivity index (χ1n) is 5.32. The van der Waals surface area contributed by atoms with Crippen molar-refractivity contribution in [2.45, 2.75) is 13.3 Å². The molecule has 0 saturated carbocycles. The Hall–Kier alpha value is -1.75. The van der Waals surface area contributed by atoms with Gasteiger partial charge in [0.25, 0.3) is 11.7 Å². The van der Waals surface area contributed by atoms with Crippen LogP contribution in [-0.4, -0.2) is 24.0 Å². The topological polar surface area (TPSA) is 54.5 Å². The molecule has 4 nitrogen and oxygen atoms in total. The number of amides is 1. The van der Waals surface area contributed by atoms with Crippen molar-refractivity contribution >= 4 is 34.8 Å². The Morgan fingerprint density at radius 3 is 2.67 bits per heavy atom. The van der Waals surface area contributed by atoms with Crippen molar-refractivity contribution in [3.63, 3.8) is 0 Å². The van der Waals surface area contributed by atoms with Crippen molar-refractivity contribution in [2.75, 3.05) is 11.4 Å². The summed E-state index contributed by atoms with van der Waals surface area (Å²) >= 11 is 5.56. The van der Waals surface area contributed by atoms with Crippen LogP contribution in [0.2, 0.25) is 5.02 Å². The lowest BCUT2D eigenvalue weighted by atomic mass is 10.1. The normalized spacial score (nSPS) is 14.1. The molecule has 2 rings (SSSR count). The first kappa shape index (κ1) is 12.7. The summed E-state index contributed by atoms with van der Waals surface area (Å²) in [6.45, 7) is 1.42. The lowest BCUT2D eigenvalue weighted by molar-refractivity contribution is -0.120. The minimum atomic E-state index is -0.825. The molecule has 0 fully saturated rings. The summed E-state index contributed by atoms with van der Waals surface area (Å²) in [6.07, 6.45) is 0.239. The van der Waals surface area contributed by atoms with Crippen molar-refractivity contribution in [1.82, 2.24) is 0 Å². The summed E-state index contributed by atoms with van der Waals surface area (Å²) in [7, 11) is 0. The lowest BCUT2D eigenvalue weighted by Gasteiger charge is -2.15. The largest absolute Gasteiger partial charge is 0.299 e. The van der Waals surface area contributed by atoms with Crippen LogP contribution in [0.5, 0.6) is 0 Å². The second-order valence-electron chi connectivity index (χ2n) is 3.90. The van der Waals surface area contributed by atoms with E-state index >= 15 is 0 Å². The molecule has 1 amide bonds. The van der Waals surface area contributed by atoms with E-state index in [1.807, 2.05) is 0 Å². The minimum Gasteiger partial charge on any atom is -0.298 e. The van der Waals surface area contributed by atoms with E-state index in [0.717, 1.165) is 17.0 Å². The van der Waals surface area contributed by atoms with Gasteiger partial charge in [0.2, 0.25) is 0 Å². The summed E-state index contributed by atoms with van der Waals surface area (Å²) < 4.78 is 13.4. The molecular weight excluding hydrogens is 261 g/mol. The minimum absolute atomic E-state index is 0.0373. The highest BCUT2D eigenvalue weighted by Gasteiger charge is 2.37. The second kappa shape index (κ2) is 4.49. The van der Waals surface area contributed by atoms with E-state index in [4.69, 9.17) is 11.6 Å². The standard InChI is InChI=1S/C12H9ClFNO3/c1-2-6(16)5-15-10-4-9(14)8(13)3-7(10)11(17)12(15)18/h3-4H,2,5H2,1H3. The van der Waals surface area contributed by atoms with Crippen molar-refractivity contribution in [2.24, 2.45) is 0 Å². The number of anilines is 1. The molecule has 18 heavy (non-hydrogen) atoms. The molecule has 0 saturated heterocycles. The Morgan fingerprint density at radius 2 is 2.06 bits per heavy atom. The van der Waals surface area contributed by atoms with Crippen LogP contribution in [0.15, 0.2) is 12.1 Å². The van der Waals surface area contributed by atoms with Gasteiger partial charge in [-0.05, 0) is 12.1 Å². The Morgan fingerprint density at radius 1 is 1.39 bits per heavy atom. The van der Waals surface area contributed by atoms with Crippen LogP contribution in [0, 0.1) is 5.82 Å². The van der Waals surface area contributed by atoms with E-state index in [1.165, 1.54) is 0 Å². The highest BCUT2D eigenvalue weighted by atomic mass is 35.5. The Labute approximate surface area is 107 Å². The first-order valence-corrected chi connectivity index (χ1v) is 5.70. The van der Waals surface area contributed by atoms with Crippen LogP contribution in [-0.2, 0) is 9.59 Å². The summed E-state index contributed by atoms with van der Waals surface area (Å²) in [4.78, 5) is 35.7. The molecule has 0 unspecified atom stereocenters. The summed E-state index contributed by atoms with van der Waals surface area (Å²) in [5, 5.41) is -0.224. The van der Waals surface area contributed by atoms with Crippen LogP contribution >= 0.6 is 11.6 Å². The maximum atomic E-state index is 13.4. The molecule has 0 aliphatic carbocycles. The predicted molar refractivity (Wildman–Crippen MR) is 63.4 cm³/mol. The molecule has 6 heteroatoms. The fourth-order valence-corrected chi connectivity index (χ4v) is 1.90. The second-order valence-corrected chi connectivity index (χ2v) is 4.30. The fourth-order valence-electron chi connectivity index (χ4n) is 1.73. The molecular formula is C12H9ClFNO3. The molecule has 94 valence electrons. The average Bonchev–Trinajstić information content (AvgIpc) is 2.56. The molecule has 0 radical (unpaired) electrons. The van der Waals surface area contributed by atoms with Gasteiger partial charge in [0.15, 0.2) is 5.78 Å². The summed E-state index contributed by atoms with van der Waals surface area (Å²) in [5.74, 6) is -2.53. The van der Waals surface area contributed by atoms with E-state index in [0.29, 0.717) is 0 Å². The smallest absolute Gasteiger partial charge is 0.298 e. The van der Waals surface area contributed by atoms with Crippen molar-refractivity contribution in [3.8, 4) is 0 Å².